The van der Waals surface area contributed by atoms with E-state index in [1.807, 2.05) is 6.92 Å². The van der Waals surface area contributed by atoms with E-state index in [-0.39, 0.29) is 18.4 Å². The van der Waals surface area contributed by atoms with Crippen molar-refractivity contribution in [2.75, 3.05) is 13.8 Å². The van der Waals surface area contributed by atoms with Crippen LogP contribution >= 0.6 is 6.72 Å². The van der Waals surface area contributed by atoms with Gasteiger partial charge in [-0.3, -0.25) is 0 Å². The van der Waals surface area contributed by atoms with Crippen LogP contribution < -0.4 is 5.32 Å². The van der Waals surface area contributed by atoms with E-state index in [1.54, 1.807) is 0 Å². The van der Waals surface area contributed by atoms with Crippen molar-refractivity contribution >= 4 is 18.5 Å². The largest absolute Gasteiger partial charge is 0.370 e. The third-order valence-electron chi connectivity index (χ3n) is 4.11. The third-order valence-corrected chi connectivity index (χ3v) is 5.82. The Labute approximate surface area is 131 Å². The van der Waals surface area contributed by atoms with Gasteiger partial charge < -0.3 is 28.9 Å². The SMILES string of the molecule is CCC1=C(C)N(C2CC(OP(O)(=S)OC)C(CC)O2)CN1. The second-order valence-corrected chi connectivity index (χ2v) is 8.19. The van der Waals surface area contributed by atoms with Crippen molar-refractivity contribution in [3.8, 4) is 0 Å². The predicted octanol–water partition coefficient (Wildman–Crippen LogP) is 2.26. The molecule has 8 heteroatoms. The molecule has 1 fully saturated rings. The van der Waals surface area contributed by atoms with Crippen LogP contribution in [0.2, 0.25) is 0 Å². The molecule has 0 spiro atoms. The molecule has 122 valence electrons. The van der Waals surface area contributed by atoms with Crippen LogP contribution in [0.4, 0.5) is 0 Å². The minimum absolute atomic E-state index is 0.0524. The summed E-state index contributed by atoms with van der Waals surface area (Å²) in [6.45, 7) is 3.87. The van der Waals surface area contributed by atoms with Crippen molar-refractivity contribution in [1.29, 1.82) is 0 Å². The summed E-state index contributed by atoms with van der Waals surface area (Å²) >= 11 is 4.95. The maximum Gasteiger partial charge on any atom is 0.324 e. The van der Waals surface area contributed by atoms with Crippen LogP contribution in [0.5, 0.6) is 0 Å². The lowest BCUT2D eigenvalue weighted by molar-refractivity contribution is -0.0466. The van der Waals surface area contributed by atoms with Gasteiger partial charge in [-0.2, -0.15) is 0 Å². The van der Waals surface area contributed by atoms with Gasteiger partial charge in [0.25, 0.3) is 0 Å². The number of hydrogen-bond acceptors (Lipinski definition) is 6. The van der Waals surface area contributed by atoms with E-state index in [0.717, 1.165) is 19.5 Å². The quantitative estimate of drug-likeness (QED) is 0.721. The molecule has 0 saturated carbocycles. The fourth-order valence-corrected chi connectivity index (χ4v) is 3.86. The maximum atomic E-state index is 9.87. The minimum atomic E-state index is -3.16. The Kier molecular flexibility index (Phi) is 5.68. The molecule has 4 unspecified atom stereocenters. The van der Waals surface area contributed by atoms with Crippen molar-refractivity contribution in [2.45, 2.75) is 58.5 Å². The standard InChI is InChI=1S/C13H25N2O4PS/c1-5-10-9(3)15(8-14-10)13-7-12(11(6-2)18-13)19-20(16,21)17-4/h11-14H,5-8H2,1-4H3,(H,16,21). The molecule has 1 saturated heterocycles. The van der Waals surface area contributed by atoms with Gasteiger partial charge in [0, 0.05) is 24.9 Å². The molecule has 2 N–H and O–H groups in total. The zero-order valence-corrected chi connectivity index (χ0v) is 14.7. The number of hydrogen-bond donors (Lipinski definition) is 2. The topological polar surface area (TPSA) is 63.2 Å². The molecule has 2 aliphatic rings. The molecule has 4 atom stereocenters. The Hall–Kier alpha value is -0.170. The van der Waals surface area contributed by atoms with Gasteiger partial charge in [-0.25, -0.2) is 0 Å². The normalized spacial score (nSPS) is 32.4. The smallest absolute Gasteiger partial charge is 0.324 e. The van der Waals surface area contributed by atoms with Gasteiger partial charge in [0.1, 0.15) is 6.23 Å². The summed E-state index contributed by atoms with van der Waals surface area (Å²) in [7, 11) is 1.37. The van der Waals surface area contributed by atoms with Crippen LogP contribution in [0.3, 0.4) is 0 Å². The summed E-state index contributed by atoms with van der Waals surface area (Å²) in [5, 5.41) is 3.39. The lowest BCUT2D eigenvalue weighted by atomic mass is 10.1. The number of nitrogens with zero attached hydrogens (tertiary/aromatic N) is 1. The van der Waals surface area contributed by atoms with E-state index < -0.39 is 6.72 Å². The predicted molar refractivity (Wildman–Crippen MR) is 84.8 cm³/mol. The Morgan fingerprint density at radius 3 is 2.76 bits per heavy atom. The number of rotatable bonds is 6. The molecule has 6 nitrogen and oxygen atoms in total. The summed E-state index contributed by atoms with van der Waals surface area (Å²) in [5.74, 6) is 0. The molecule has 21 heavy (non-hydrogen) atoms. The van der Waals surface area contributed by atoms with Gasteiger partial charge in [0.15, 0.2) is 0 Å². The monoisotopic (exact) mass is 336 g/mol. The second kappa shape index (κ2) is 6.94. The van der Waals surface area contributed by atoms with E-state index in [0.29, 0.717) is 6.42 Å². The summed E-state index contributed by atoms with van der Waals surface area (Å²) in [6.07, 6.45) is 2.12. The first-order valence-corrected chi connectivity index (χ1v) is 9.93. The number of ether oxygens (including phenoxy) is 1. The third kappa shape index (κ3) is 3.78. The van der Waals surface area contributed by atoms with E-state index >= 15 is 0 Å². The van der Waals surface area contributed by atoms with Crippen LogP contribution in [-0.4, -0.2) is 42.0 Å². The molecular formula is C13H25N2O4PS. The van der Waals surface area contributed by atoms with Gasteiger partial charge in [-0.1, -0.05) is 13.8 Å². The average Bonchev–Trinajstić information content (AvgIpc) is 3.01. The fourth-order valence-electron chi connectivity index (χ4n) is 2.88. The molecule has 0 radical (unpaired) electrons. The van der Waals surface area contributed by atoms with Crippen LogP contribution in [0.1, 0.15) is 40.0 Å². The van der Waals surface area contributed by atoms with E-state index in [9.17, 15) is 4.89 Å². The van der Waals surface area contributed by atoms with Crippen molar-refractivity contribution in [2.24, 2.45) is 0 Å². The zero-order valence-electron chi connectivity index (χ0n) is 13.0. The van der Waals surface area contributed by atoms with Crippen LogP contribution in [-0.2, 0) is 25.6 Å². The molecule has 0 aromatic rings. The molecule has 2 rings (SSSR count). The highest BCUT2D eigenvalue weighted by atomic mass is 32.5. The van der Waals surface area contributed by atoms with Gasteiger partial charge in [-0.05, 0) is 31.6 Å². The van der Waals surface area contributed by atoms with Crippen LogP contribution in [0.25, 0.3) is 0 Å². The van der Waals surface area contributed by atoms with Crippen molar-refractivity contribution in [1.82, 2.24) is 10.2 Å². The Morgan fingerprint density at radius 1 is 1.52 bits per heavy atom. The second-order valence-electron chi connectivity index (χ2n) is 5.29. The molecule has 2 aliphatic heterocycles. The van der Waals surface area contributed by atoms with Crippen molar-refractivity contribution in [3.05, 3.63) is 11.4 Å². The van der Waals surface area contributed by atoms with E-state index in [2.05, 4.69) is 24.1 Å². The van der Waals surface area contributed by atoms with Gasteiger partial charge >= 0.3 is 6.72 Å². The Balaban J connectivity index is 2.06. The highest BCUT2D eigenvalue weighted by molar-refractivity contribution is 8.07. The molecule has 2 heterocycles. The first kappa shape index (κ1) is 17.2. The van der Waals surface area contributed by atoms with E-state index in [4.69, 9.17) is 25.6 Å². The molecule has 0 aromatic carbocycles. The van der Waals surface area contributed by atoms with Gasteiger partial charge in [-0.15, -0.1) is 0 Å². The highest BCUT2D eigenvalue weighted by Crippen LogP contribution is 2.47. The minimum Gasteiger partial charge on any atom is -0.370 e. The van der Waals surface area contributed by atoms with Crippen molar-refractivity contribution < 1.29 is 18.7 Å². The molecule has 0 amide bonds. The van der Waals surface area contributed by atoms with E-state index in [1.165, 1.54) is 18.5 Å². The van der Waals surface area contributed by atoms with Crippen LogP contribution in [0.15, 0.2) is 11.4 Å². The molecule has 0 aliphatic carbocycles. The molecule has 0 bridgehead atoms. The Bertz CT molecular complexity index is 459. The highest BCUT2D eigenvalue weighted by Gasteiger charge is 2.41. The first-order chi connectivity index (χ1) is 9.91. The van der Waals surface area contributed by atoms with Crippen LogP contribution in [0, 0.1) is 0 Å². The maximum absolute atomic E-state index is 9.87. The average molecular weight is 336 g/mol. The summed E-state index contributed by atoms with van der Waals surface area (Å²) < 4.78 is 16.6. The Morgan fingerprint density at radius 2 is 2.24 bits per heavy atom. The molecular weight excluding hydrogens is 311 g/mol. The number of allylic oxidation sites excluding steroid dienone is 2. The summed E-state index contributed by atoms with van der Waals surface area (Å²) in [4.78, 5) is 12.1. The van der Waals surface area contributed by atoms with Crippen molar-refractivity contribution in [3.63, 3.8) is 0 Å². The van der Waals surface area contributed by atoms with Gasteiger partial charge in [0.2, 0.25) is 0 Å². The first-order valence-electron chi connectivity index (χ1n) is 7.34. The van der Waals surface area contributed by atoms with Gasteiger partial charge in [0.05, 0.1) is 18.9 Å². The number of nitrogens with one attached hydrogen (secondary N) is 1. The summed E-state index contributed by atoms with van der Waals surface area (Å²) in [6, 6.07) is 0. The fraction of sp³-hybridized carbons (Fsp3) is 0.846. The lowest BCUT2D eigenvalue weighted by Crippen LogP contribution is -2.34. The molecule has 0 aromatic heterocycles. The summed E-state index contributed by atoms with van der Waals surface area (Å²) in [5.41, 5.74) is 2.47. The lowest BCUT2D eigenvalue weighted by Gasteiger charge is -2.26. The zero-order chi connectivity index (χ0) is 15.6.